The Labute approximate surface area is 136 Å². The van der Waals surface area contributed by atoms with Crippen molar-refractivity contribution in [2.24, 2.45) is 10.7 Å². The number of hydrogen-bond donors (Lipinski definition) is 2. The number of amides is 1. The first-order valence-electron chi connectivity index (χ1n) is 6.15. The Bertz CT molecular complexity index is 656. The third-order valence-corrected chi connectivity index (χ3v) is 4.32. The van der Waals surface area contributed by atoms with Crippen LogP contribution in [-0.2, 0) is 6.42 Å². The van der Waals surface area contributed by atoms with Crippen molar-refractivity contribution in [2.45, 2.75) is 6.42 Å². The Morgan fingerprint density at radius 2 is 2.10 bits per heavy atom. The summed E-state index contributed by atoms with van der Waals surface area (Å²) in [5, 5.41) is 5.23. The Kier molecular flexibility index (Phi) is 5.61. The Balaban J connectivity index is 1.90. The summed E-state index contributed by atoms with van der Waals surface area (Å²) in [6, 6.07) is 8.63. The predicted molar refractivity (Wildman–Crippen MR) is 88.4 cm³/mol. The van der Waals surface area contributed by atoms with Crippen LogP contribution in [0.5, 0.6) is 0 Å². The largest absolute Gasteiger partial charge is 0.370 e. The van der Waals surface area contributed by atoms with Crippen LogP contribution in [0.2, 0.25) is 10.0 Å². The van der Waals surface area contributed by atoms with Crippen LogP contribution in [0.4, 0.5) is 0 Å². The van der Waals surface area contributed by atoms with Crippen molar-refractivity contribution >= 4 is 46.4 Å². The zero-order valence-corrected chi connectivity index (χ0v) is 13.3. The second kappa shape index (κ2) is 7.45. The van der Waals surface area contributed by atoms with Gasteiger partial charge in [0.1, 0.15) is 0 Å². The van der Waals surface area contributed by atoms with Gasteiger partial charge in [-0.1, -0.05) is 29.3 Å². The van der Waals surface area contributed by atoms with E-state index in [1.54, 1.807) is 23.5 Å². The van der Waals surface area contributed by atoms with Crippen molar-refractivity contribution in [3.63, 3.8) is 0 Å². The van der Waals surface area contributed by atoms with E-state index in [1.165, 1.54) is 10.9 Å². The number of hydrogen-bond acceptors (Lipinski definition) is 3. The zero-order chi connectivity index (χ0) is 15.2. The molecule has 1 heterocycles. The van der Waals surface area contributed by atoms with E-state index in [-0.39, 0.29) is 11.9 Å². The highest BCUT2D eigenvalue weighted by atomic mass is 35.5. The normalized spacial score (nSPS) is 11.4. The van der Waals surface area contributed by atoms with Crippen LogP contribution in [0.1, 0.15) is 15.2 Å². The fraction of sp³-hybridized carbons (Fsp3) is 0.143. The van der Waals surface area contributed by atoms with Gasteiger partial charge in [-0.05, 0) is 29.6 Å². The fourth-order valence-electron chi connectivity index (χ4n) is 1.61. The molecule has 110 valence electrons. The zero-order valence-electron chi connectivity index (χ0n) is 11.0. The maximum Gasteiger partial charge on any atom is 0.257 e. The van der Waals surface area contributed by atoms with E-state index < -0.39 is 0 Å². The van der Waals surface area contributed by atoms with Gasteiger partial charge < -0.3 is 5.73 Å². The van der Waals surface area contributed by atoms with E-state index in [0.717, 1.165) is 6.42 Å². The Hall–Kier alpha value is -1.56. The van der Waals surface area contributed by atoms with Crippen LogP contribution in [0, 0.1) is 0 Å². The quantitative estimate of drug-likeness (QED) is 0.661. The first kappa shape index (κ1) is 15.8. The Morgan fingerprint density at radius 3 is 2.76 bits per heavy atom. The van der Waals surface area contributed by atoms with E-state index in [1.807, 2.05) is 17.5 Å². The lowest BCUT2D eigenvalue weighted by molar-refractivity contribution is 0.0976. The molecule has 1 amide bonds. The second-order valence-corrected chi connectivity index (χ2v) is 6.03. The van der Waals surface area contributed by atoms with Gasteiger partial charge in [0.15, 0.2) is 5.96 Å². The van der Waals surface area contributed by atoms with E-state index in [9.17, 15) is 4.79 Å². The number of thiophene rings is 1. The highest BCUT2D eigenvalue weighted by molar-refractivity contribution is 7.09. The molecule has 7 heteroatoms. The minimum Gasteiger partial charge on any atom is -0.370 e. The van der Waals surface area contributed by atoms with Crippen LogP contribution in [0.15, 0.2) is 40.7 Å². The molecular weight excluding hydrogens is 329 g/mol. The molecule has 0 fully saturated rings. The highest BCUT2D eigenvalue weighted by Crippen LogP contribution is 2.22. The van der Waals surface area contributed by atoms with Crippen molar-refractivity contribution in [1.82, 2.24) is 5.32 Å². The van der Waals surface area contributed by atoms with Crippen LogP contribution < -0.4 is 11.1 Å². The van der Waals surface area contributed by atoms with E-state index >= 15 is 0 Å². The van der Waals surface area contributed by atoms with Crippen LogP contribution in [-0.4, -0.2) is 18.4 Å². The van der Waals surface area contributed by atoms with Crippen molar-refractivity contribution in [2.75, 3.05) is 6.54 Å². The van der Waals surface area contributed by atoms with Crippen molar-refractivity contribution in [3.8, 4) is 0 Å². The summed E-state index contributed by atoms with van der Waals surface area (Å²) < 4.78 is 0. The van der Waals surface area contributed by atoms with Gasteiger partial charge >= 0.3 is 0 Å². The standard InChI is InChI=1S/C14H13Cl2N3OS/c15-11-4-3-9(8-12(11)16)13(20)19-14(17)18-6-5-10-2-1-7-21-10/h1-4,7-8H,5-6H2,(H3,17,18,19,20). The fourth-order valence-corrected chi connectivity index (χ4v) is 2.60. The monoisotopic (exact) mass is 341 g/mol. The molecule has 21 heavy (non-hydrogen) atoms. The van der Waals surface area contributed by atoms with Gasteiger partial charge in [-0.2, -0.15) is 0 Å². The lowest BCUT2D eigenvalue weighted by Crippen LogP contribution is -2.37. The van der Waals surface area contributed by atoms with Gasteiger partial charge in [0.05, 0.1) is 10.0 Å². The number of carbonyl (C=O) groups is 1. The van der Waals surface area contributed by atoms with E-state index in [0.29, 0.717) is 22.2 Å². The second-order valence-electron chi connectivity index (χ2n) is 4.18. The molecule has 0 atom stereocenters. The molecule has 0 radical (unpaired) electrons. The summed E-state index contributed by atoms with van der Waals surface area (Å²) in [5.41, 5.74) is 6.06. The van der Waals surface area contributed by atoms with Gasteiger partial charge in [-0.25, -0.2) is 0 Å². The first-order chi connectivity index (χ1) is 10.1. The van der Waals surface area contributed by atoms with E-state index in [4.69, 9.17) is 28.9 Å². The molecule has 2 rings (SSSR count). The molecule has 2 aromatic rings. The van der Waals surface area contributed by atoms with Crippen LogP contribution >= 0.6 is 34.5 Å². The number of aliphatic imine (C=N–C) groups is 1. The van der Waals surface area contributed by atoms with Crippen molar-refractivity contribution in [1.29, 1.82) is 0 Å². The molecule has 0 aliphatic rings. The number of nitrogens with one attached hydrogen (secondary N) is 1. The summed E-state index contributed by atoms with van der Waals surface area (Å²) in [6.45, 7) is 0.522. The molecule has 3 N–H and O–H groups in total. The molecule has 0 saturated heterocycles. The van der Waals surface area contributed by atoms with Gasteiger partial charge in [-0.3, -0.25) is 15.1 Å². The minimum atomic E-state index is -0.369. The smallest absolute Gasteiger partial charge is 0.257 e. The lowest BCUT2D eigenvalue weighted by Gasteiger charge is -2.05. The third kappa shape index (κ3) is 4.74. The summed E-state index contributed by atoms with van der Waals surface area (Å²) in [6.07, 6.45) is 0.793. The molecule has 0 aliphatic heterocycles. The number of carbonyl (C=O) groups excluding carboxylic acids is 1. The molecule has 1 aromatic heterocycles. The first-order valence-corrected chi connectivity index (χ1v) is 7.78. The van der Waals surface area contributed by atoms with Gasteiger partial charge in [-0.15, -0.1) is 11.3 Å². The third-order valence-electron chi connectivity index (χ3n) is 2.64. The molecule has 0 unspecified atom stereocenters. The van der Waals surface area contributed by atoms with Crippen LogP contribution in [0.3, 0.4) is 0 Å². The average molecular weight is 342 g/mol. The molecule has 0 aliphatic carbocycles. The Morgan fingerprint density at radius 1 is 1.29 bits per heavy atom. The van der Waals surface area contributed by atoms with Gasteiger partial charge in [0.25, 0.3) is 5.91 Å². The summed E-state index contributed by atoms with van der Waals surface area (Å²) >= 11 is 13.3. The molecular formula is C14H13Cl2N3OS. The number of nitrogens with zero attached hydrogens (tertiary/aromatic N) is 1. The maximum absolute atomic E-state index is 11.9. The number of benzene rings is 1. The molecule has 0 spiro atoms. The maximum atomic E-state index is 11.9. The van der Waals surface area contributed by atoms with Gasteiger partial charge in [0, 0.05) is 23.4 Å². The average Bonchev–Trinajstić information content (AvgIpc) is 2.95. The summed E-state index contributed by atoms with van der Waals surface area (Å²) in [4.78, 5) is 17.3. The summed E-state index contributed by atoms with van der Waals surface area (Å²) in [7, 11) is 0. The van der Waals surface area contributed by atoms with Crippen molar-refractivity contribution in [3.05, 3.63) is 56.2 Å². The highest BCUT2D eigenvalue weighted by Gasteiger charge is 2.09. The number of halogens is 2. The lowest BCUT2D eigenvalue weighted by atomic mass is 10.2. The topological polar surface area (TPSA) is 67.5 Å². The number of nitrogens with two attached hydrogens (primary N) is 1. The molecule has 0 saturated carbocycles. The number of rotatable bonds is 4. The SMILES string of the molecule is NC(=NCCc1cccs1)NC(=O)c1ccc(Cl)c(Cl)c1. The van der Waals surface area contributed by atoms with Crippen molar-refractivity contribution < 1.29 is 4.79 Å². The molecule has 4 nitrogen and oxygen atoms in total. The van der Waals surface area contributed by atoms with Crippen LogP contribution in [0.25, 0.3) is 0 Å². The van der Waals surface area contributed by atoms with Gasteiger partial charge in [0.2, 0.25) is 0 Å². The predicted octanol–water partition coefficient (Wildman–Crippen LogP) is 3.34. The van der Waals surface area contributed by atoms with E-state index in [2.05, 4.69) is 10.3 Å². The number of guanidine groups is 1. The molecule has 1 aromatic carbocycles. The molecule has 0 bridgehead atoms. The minimum absolute atomic E-state index is 0.0858. The summed E-state index contributed by atoms with van der Waals surface area (Å²) in [5.74, 6) is -0.284.